The van der Waals surface area contributed by atoms with Crippen LogP contribution in [-0.2, 0) is 0 Å². The van der Waals surface area contributed by atoms with Crippen molar-refractivity contribution in [2.24, 2.45) is 0 Å². The van der Waals surface area contributed by atoms with Gasteiger partial charge in [0.25, 0.3) is 0 Å². The fraction of sp³-hybridized carbons (Fsp3) is 0.647. The number of allylic oxidation sites excluding steroid dienone is 1. The highest BCUT2D eigenvalue weighted by molar-refractivity contribution is 5.21. The molecule has 0 amide bonds. The van der Waals surface area contributed by atoms with Crippen molar-refractivity contribution in [1.82, 2.24) is 15.3 Å². The lowest BCUT2D eigenvalue weighted by Gasteiger charge is -2.23. The van der Waals surface area contributed by atoms with Crippen LogP contribution in [0.3, 0.4) is 0 Å². The third kappa shape index (κ3) is 4.41. The summed E-state index contributed by atoms with van der Waals surface area (Å²) in [5.41, 5.74) is 3.56. The quantitative estimate of drug-likeness (QED) is 0.821. The van der Waals surface area contributed by atoms with Crippen LogP contribution in [0.4, 0.5) is 0 Å². The van der Waals surface area contributed by atoms with Gasteiger partial charge in [0.2, 0.25) is 0 Å². The number of aromatic nitrogens is 2. The van der Waals surface area contributed by atoms with Gasteiger partial charge in [-0.2, -0.15) is 0 Å². The van der Waals surface area contributed by atoms with Crippen molar-refractivity contribution in [2.75, 3.05) is 6.54 Å². The van der Waals surface area contributed by atoms with Gasteiger partial charge in [0.05, 0.1) is 23.6 Å². The van der Waals surface area contributed by atoms with E-state index in [1.165, 1.54) is 44.1 Å². The van der Waals surface area contributed by atoms with E-state index in [1.54, 1.807) is 0 Å². The largest absolute Gasteiger partial charge is 0.305 e. The van der Waals surface area contributed by atoms with E-state index in [9.17, 15) is 0 Å². The van der Waals surface area contributed by atoms with Crippen LogP contribution >= 0.6 is 0 Å². The lowest BCUT2D eigenvalue weighted by molar-refractivity contribution is 0.531. The first-order valence-corrected chi connectivity index (χ1v) is 8.02. The smallest absolute Gasteiger partial charge is 0.0798 e. The van der Waals surface area contributed by atoms with Gasteiger partial charge in [-0.3, -0.25) is 9.97 Å². The molecular formula is C17H27N3. The molecule has 3 nitrogen and oxygen atoms in total. The summed E-state index contributed by atoms with van der Waals surface area (Å²) >= 11 is 0. The second-order valence-electron chi connectivity index (χ2n) is 5.70. The van der Waals surface area contributed by atoms with Crippen LogP contribution in [0.2, 0.25) is 0 Å². The molecule has 1 aromatic heterocycles. The highest BCUT2D eigenvalue weighted by atomic mass is 15.0. The summed E-state index contributed by atoms with van der Waals surface area (Å²) in [7, 11) is 0. The molecule has 1 aromatic rings. The monoisotopic (exact) mass is 273 g/mol. The van der Waals surface area contributed by atoms with E-state index in [0.717, 1.165) is 24.4 Å². The first-order valence-electron chi connectivity index (χ1n) is 8.02. The van der Waals surface area contributed by atoms with Crippen molar-refractivity contribution >= 4 is 0 Å². The van der Waals surface area contributed by atoms with Crippen molar-refractivity contribution in [3.63, 3.8) is 0 Å². The number of nitrogens with one attached hydrogen (secondary N) is 1. The molecule has 0 bridgehead atoms. The van der Waals surface area contributed by atoms with E-state index in [2.05, 4.69) is 28.3 Å². The summed E-state index contributed by atoms with van der Waals surface area (Å²) in [5, 5.41) is 3.65. The van der Waals surface area contributed by atoms with Gasteiger partial charge in [0.1, 0.15) is 0 Å². The maximum absolute atomic E-state index is 4.59. The van der Waals surface area contributed by atoms with Crippen LogP contribution in [0.5, 0.6) is 0 Å². The molecule has 110 valence electrons. The molecule has 2 rings (SSSR count). The summed E-state index contributed by atoms with van der Waals surface area (Å²) in [6.45, 7) is 5.22. The van der Waals surface area contributed by atoms with Gasteiger partial charge >= 0.3 is 0 Å². The fourth-order valence-corrected chi connectivity index (χ4v) is 2.74. The topological polar surface area (TPSA) is 37.8 Å². The standard InChI is InChI=1S/C17H27N3/c1-3-11-18-17(16-13-19-14(2)12-20-16)15-9-7-5-4-6-8-10-15/h9,12-13,17-18H,3-8,10-11H2,1-2H3. The summed E-state index contributed by atoms with van der Waals surface area (Å²) < 4.78 is 0. The molecule has 0 fully saturated rings. The van der Waals surface area contributed by atoms with E-state index in [1.807, 2.05) is 19.3 Å². The van der Waals surface area contributed by atoms with Gasteiger partial charge < -0.3 is 5.32 Å². The number of rotatable bonds is 5. The van der Waals surface area contributed by atoms with Crippen LogP contribution in [0.25, 0.3) is 0 Å². The molecule has 0 aromatic carbocycles. The minimum atomic E-state index is 0.251. The number of hydrogen-bond donors (Lipinski definition) is 1. The van der Waals surface area contributed by atoms with Crippen molar-refractivity contribution < 1.29 is 0 Å². The van der Waals surface area contributed by atoms with Gasteiger partial charge in [-0.1, -0.05) is 31.4 Å². The van der Waals surface area contributed by atoms with Crippen molar-refractivity contribution in [2.45, 2.75) is 64.8 Å². The number of nitrogens with zero attached hydrogens (tertiary/aromatic N) is 2. The van der Waals surface area contributed by atoms with Crippen LogP contribution in [-0.4, -0.2) is 16.5 Å². The van der Waals surface area contributed by atoms with Gasteiger partial charge in [-0.05, 0) is 45.6 Å². The molecule has 0 radical (unpaired) electrons. The molecule has 1 aliphatic rings. The molecule has 1 unspecified atom stereocenters. The Morgan fingerprint density at radius 2 is 2.00 bits per heavy atom. The molecular weight excluding hydrogens is 246 g/mol. The highest BCUT2D eigenvalue weighted by Gasteiger charge is 2.18. The maximum atomic E-state index is 4.59. The lowest BCUT2D eigenvalue weighted by atomic mass is 9.93. The van der Waals surface area contributed by atoms with Gasteiger partial charge in [0, 0.05) is 6.20 Å². The minimum Gasteiger partial charge on any atom is -0.305 e. The zero-order chi connectivity index (χ0) is 14.2. The Hall–Kier alpha value is -1.22. The van der Waals surface area contributed by atoms with Gasteiger partial charge in [-0.25, -0.2) is 0 Å². The Labute approximate surface area is 122 Å². The van der Waals surface area contributed by atoms with E-state index in [-0.39, 0.29) is 6.04 Å². The van der Waals surface area contributed by atoms with Crippen LogP contribution < -0.4 is 5.32 Å². The predicted molar refractivity (Wildman–Crippen MR) is 83.6 cm³/mol. The zero-order valence-corrected chi connectivity index (χ0v) is 12.9. The fourth-order valence-electron chi connectivity index (χ4n) is 2.74. The normalized spacial score (nSPS) is 18.0. The SMILES string of the molecule is CCCNC(C1=CCCCCCC1)c1cnc(C)cn1. The van der Waals surface area contributed by atoms with Crippen molar-refractivity contribution in [1.29, 1.82) is 0 Å². The maximum Gasteiger partial charge on any atom is 0.0798 e. The van der Waals surface area contributed by atoms with Gasteiger partial charge in [-0.15, -0.1) is 0 Å². The molecule has 0 spiro atoms. The van der Waals surface area contributed by atoms with Crippen LogP contribution in [0.15, 0.2) is 24.0 Å². The second kappa shape index (κ2) is 8.15. The average molecular weight is 273 g/mol. The van der Waals surface area contributed by atoms with E-state index < -0.39 is 0 Å². The van der Waals surface area contributed by atoms with Crippen molar-refractivity contribution in [3.05, 3.63) is 35.4 Å². The Morgan fingerprint density at radius 3 is 2.75 bits per heavy atom. The molecule has 1 heterocycles. The lowest BCUT2D eigenvalue weighted by Crippen LogP contribution is -2.25. The van der Waals surface area contributed by atoms with Crippen molar-refractivity contribution in [3.8, 4) is 0 Å². The molecule has 1 atom stereocenters. The third-order valence-electron chi connectivity index (χ3n) is 3.89. The van der Waals surface area contributed by atoms with Crippen LogP contribution in [0, 0.1) is 6.92 Å². The van der Waals surface area contributed by atoms with Crippen LogP contribution in [0.1, 0.15) is 69.3 Å². The minimum absolute atomic E-state index is 0.251. The Kier molecular flexibility index (Phi) is 6.19. The molecule has 0 aliphatic heterocycles. The molecule has 20 heavy (non-hydrogen) atoms. The Bertz CT molecular complexity index is 422. The first-order chi connectivity index (χ1) is 9.81. The third-order valence-corrected chi connectivity index (χ3v) is 3.89. The second-order valence-corrected chi connectivity index (χ2v) is 5.70. The molecule has 1 N–H and O–H groups in total. The Balaban J connectivity index is 2.18. The molecule has 0 saturated heterocycles. The number of aryl methyl sites for hydroxylation is 1. The highest BCUT2D eigenvalue weighted by Crippen LogP contribution is 2.27. The Morgan fingerprint density at radius 1 is 1.15 bits per heavy atom. The van der Waals surface area contributed by atoms with E-state index in [0.29, 0.717) is 0 Å². The summed E-state index contributed by atoms with van der Waals surface area (Å²) in [5.74, 6) is 0. The molecule has 0 saturated carbocycles. The zero-order valence-electron chi connectivity index (χ0n) is 12.9. The van der Waals surface area contributed by atoms with E-state index in [4.69, 9.17) is 0 Å². The molecule has 3 heteroatoms. The summed E-state index contributed by atoms with van der Waals surface area (Å²) in [6, 6.07) is 0.251. The first kappa shape index (κ1) is 15.2. The summed E-state index contributed by atoms with van der Waals surface area (Å²) in [6.07, 6.45) is 15.1. The average Bonchev–Trinajstić information content (AvgIpc) is 2.42. The molecule has 1 aliphatic carbocycles. The summed E-state index contributed by atoms with van der Waals surface area (Å²) in [4.78, 5) is 9.01. The van der Waals surface area contributed by atoms with E-state index >= 15 is 0 Å². The number of hydrogen-bond acceptors (Lipinski definition) is 3. The van der Waals surface area contributed by atoms with Gasteiger partial charge in [0.15, 0.2) is 0 Å². The predicted octanol–water partition coefficient (Wildman–Crippen LogP) is 4.11.